The van der Waals surface area contributed by atoms with E-state index in [0.29, 0.717) is 0 Å². The van der Waals surface area contributed by atoms with Gasteiger partial charge in [0.05, 0.1) is 0 Å². The summed E-state index contributed by atoms with van der Waals surface area (Å²) in [6, 6.07) is 0. The summed E-state index contributed by atoms with van der Waals surface area (Å²) in [4.78, 5) is 0. The molecule has 78 valence electrons. The van der Waals surface area contributed by atoms with Crippen molar-refractivity contribution in [1.29, 1.82) is 0 Å². The maximum absolute atomic E-state index is 3.78. The Labute approximate surface area is 88.7 Å². The van der Waals surface area contributed by atoms with Crippen molar-refractivity contribution in [2.24, 2.45) is 0 Å². The van der Waals surface area contributed by atoms with E-state index < -0.39 is 0 Å². The molecule has 0 unspecified atom stereocenters. The molecule has 0 rings (SSSR count). The van der Waals surface area contributed by atoms with Gasteiger partial charge in [-0.1, -0.05) is 36.3 Å². The van der Waals surface area contributed by atoms with Gasteiger partial charge >= 0.3 is 0 Å². The van der Waals surface area contributed by atoms with E-state index in [1.807, 2.05) is 12.2 Å². The lowest BCUT2D eigenvalue weighted by atomic mass is 9.97. The van der Waals surface area contributed by atoms with E-state index in [1.54, 1.807) is 0 Å². The highest BCUT2D eigenvalue weighted by atomic mass is 14.1. The first-order valence-corrected chi connectivity index (χ1v) is 5.24. The molecule has 0 aromatic carbocycles. The first kappa shape index (κ1) is 13.0. The Hall–Kier alpha value is -1.04. The summed E-state index contributed by atoms with van der Waals surface area (Å²) in [5, 5.41) is 0. The maximum Gasteiger partial charge on any atom is -0.0133 e. The van der Waals surface area contributed by atoms with Gasteiger partial charge in [0.25, 0.3) is 0 Å². The predicted octanol–water partition coefficient (Wildman–Crippen LogP) is 4.81. The van der Waals surface area contributed by atoms with Crippen LogP contribution in [0.25, 0.3) is 0 Å². The molecule has 0 atom stereocenters. The lowest BCUT2D eigenvalue weighted by Gasteiger charge is -2.09. The second kappa shape index (κ2) is 7.37. The number of hydrogen-bond acceptors (Lipinski definition) is 0. The average molecular weight is 190 g/mol. The van der Waals surface area contributed by atoms with Crippen LogP contribution in [0, 0.1) is 0 Å². The van der Waals surface area contributed by atoms with Gasteiger partial charge in [0.2, 0.25) is 0 Å². The van der Waals surface area contributed by atoms with Crippen LogP contribution in [0.3, 0.4) is 0 Å². The van der Waals surface area contributed by atoms with Crippen LogP contribution in [0.1, 0.15) is 40.0 Å². The SMILES string of the molecule is C=CCC(CC=C)=C(C)C(C)=CCC. The summed E-state index contributed by atoms with van der Waals surface area (Å²) in [7, 11) is 0. The van der Waals surface area contributed by atoms with Gasteiger partial charge in [0.15, 0.2) is 0 Å². The quantitative estimate of drug-likeness (QED) is 0.416. The molecule has 0 aliphatic carbocycles. The van der Waals surface area contributed by atoms with Crippen molar-refractivity contribution in [1.82, 2.24) is 0 Å². The molecule has 0 saturated carbocycles. The van der Waals surface area contributed by atoms with Gasteiger partial charge in [-0.2, -0.15) is 0 Å². The van der Waals surface area contributed by atoms with Crippen molar-refractivity contribution in [3.63, 3.8) is 0 Å². The van der Waals surface area contributed by atoms with Crippen molar-refractivity contribution in [2.75, 3.05) is 0 Å². The summed E-state index contributed by atoms with van der Waals surface area (Å²) < 4.78 is 0. The zero-order valence-electron chi connectivity index (χ0n) is 9.77. The van der Waals surface area contributed by atoms with Gasteiger partial charge in [-0.05, 0) is 38.7 Å². The Balaban J connectivity index is 4.85. The molecule has 0 amide bonds. The molecule has 0 nitrogen and oxygen atoms in total. The molecule has 0 aliphatic rings. The van der Waals surface area contributed by atoms with Crippen LogP contribution < -0.4 is 0 Å². The van der Waals surface area contributed by atoms with E-state index in [-0.39, 0.29) is 0 Å². The van der Waals surface area contributed by atoms with Gasteiger partial charge in [-0.15, -0.1) is 13.2 Å². The van der Waals surface area contributed by atoms with Crippen molar-refractivity contribution in [3.05, 3.63) is 48.1 Å². The first-order chi connectivity index (χ1) is 6.67. The van der Waals surface area contributed by atoms with Crippen molar-refractivity contribution in [2.45, 2.75) is 40.0 Å². The van der Waals surface area contributed by atoms with Gasteiger partial charge in [-0.3, -0.25) is 0 Å². The topological polar surface area (TPSA) is 0 Å². The predicted molar refractivity (Wildman–Crippen MR) is 66.4 cm³/mol. The van der Waals surface area contributed by atoms with E-state index in [9.17, 15) is 0 Å². The number of rotatable bonds is 6. The monoisotopic (exact) mass is 190 g/mol. The van der Waals surface area contributed by atoms with Crippen molar-refractivity contribution < 1.29 is 0 Å². The van der Waals surface area contributed by atoms with Crippen LogP contribution >= 0.6 is 0 Å². The molecular formula is C14H22. The molecular weight excluding hydrogens is 168 g/mol. The van der Waals surface area contributed by atoms with Crippen LogP contribution in [0.4, 0.5) is 0 Å². The Morgan fingerprint density at radius 1 is 1.07 bits per heavy atom. The first-order valence-electron chi connectivity index (χ1n) is 5.24. The number of allylic oxidation sites excluding steroid dienone is 6. The maximum atomic E-state index is 3.78. The zero-order valence-corrected chi connectivity index (χ0v) is 9.77. The molecule has 0 N–H and O–H groups in total. The van der Waals surface area contributed by atoms with Crippen LogP contribution in [-0.2, 0) is 0 Å². The third-order valence-electron chi connectivity index (χ3n) is 2.41. The van der Waals surface area contributed by atoms with Gasteiger partial charge in [0, 0.05) is 0 Å². The molecule has 0 fully saturated rings. The third-order valence-corrected chi connectivity index (χ3v) is 2.41. The Morgan fingerprint density at radius 2 is 1.57 bits per heavy atom. The van der Waals surface area contributed by atoms with Gasteiger partial charge in [-0.25, -0.2) is 0 Å². The molecule has 0 heteroatoms. The van der Waals surface area contributed by atoms with Crippen LogP contribution in [0.2, 0.25) is 0 Å². The average Bonchev–Trinajstić information content (AvgIpc) is 2.17. The second-order valence-electron chi connectivity index (χ2n) is 3.51. The fourth-order valence-electron chi connectivity index (χ4n) is 1.48. The minimum absolute atomic E-state index is 0.965. The van der Waals surface area contributed by atoms with E-state index in [2.05, 4.69) is 40.0 Å². The molecule has 0 heterocycles. The van der Waals surface area contributed by atoms with E-state index in [1.165, 1.54) is 16.7 Å². The second-order valence-corrected chi connectivity index (χ2v) is 3.51. The molecule has 0 bridgehead atoms. The summed E-state index contributed by atoms with van der Waals surface area (Å²) in [5.74, 6) is 0. The van der Waals surface area contributed by atoms with Crippen LogP contribution in [0.5, 0.6) is 0 Å². The minimum Gasteiger partial charge on any atom is -0.103 e. The standard InChI is InChI=1S/C14H22/c1-6-9-12(4)13(5)14(10-7-2)11-8-3/h7-9H,2-3,6,10-11H2,1,4-5H3. The summed E-state index contributed by atoms with van der Waals surface area (Å²) in [5.41, 5.74) is 4.20. The Bertz CT molecular complexity index is 239. The smallest absolute Gasteiger partial charge is 0.0133 e. The normalized spacial score (nSPS) is 10.9. The minimum atomic E-state index is 0.965. The molecule has 0 radical (unpaired) electrons. The highest BCUT2D eigenvalue weighted by molar-refractivity contribution is 5.33. The lowest BCUT2D eigenvalue weighted by Crippen LogP contribution is -1.89. The Kier molecular flexibility index (Phi) is 6.82. The van der Waals surface area contributed by atoms with Gasteiger partial charge in [0.1, 0.15) is 0 Å². The summed E-state index contributed by atoms with van der Waals surface area (Å²) >= 11 is 0. The van der Waals surface area contributed by atoms with Crippen molar-refractivity contribution >= 4 is 0 Å². The molecule has 0 aromatic heterocycles. The molecule has 0 aromatic rings. The van der Waals surface area contributed by atoms with Crippen LogP contribution in [-0.4, -0.2) is 0 Å². The fraction of sp³-hybridized carbons (Fsp3) is 0.429. The number of hydrogen-bond donors (Lipinski definition) is 0. The Morgan fingerprint density at radius 3 is 1.93 bits per heavy atom. The molecule has 0 aliphatic heterocycles. The summed E-state index contributed by atoms with van der Waals surface area (Å²) in [6.07, 6.45) is 9.21. The fourth-order valence-corrected chi connectivity index (χ4v) is 1.48. The zero-order chi connectivity index (χ0) is 11.0. The largest absolute Gasteiger partial charge is 0.103 e. The lowest BCUT2D eigenvalue weighted by molar-refractivity contribution is 1.05. The van der Waals surface area contributed by atoms with Crippen molar-refractivity contribution in [3.8, 4) is 0 Å². The molecule has 0 spiro atoms. The van der Waals surface area contributed by atoms with Gasteiger partial charge < -0.3 is 0 Å². The van der Waals surface area contributed by atoms with E-state index in [0.717, 1.165) is 19.3 Å². The highest BCUT2D eigenvalue weighted by Gasteiger charge is 2.00. The summed E-state index contributed by atoms with van der Waals surface area (Å²) in [6.45, 7) is 14.1. The molecule has 0 saturated heterocycles. The van der Waals surface area contributed by atoms with E-state index >= 15 is 0 Å². The van der Waals surface area contributed by atoms with E-state index in [4.69, 9.17) is 0 Å². The highest BCUT2D eigenvalue weighted by Crippen LogP contribution is 2.20. The third kappa shape index (κ3) is 4.27. The molecule has 14 heavy (non-hydrogen) atoms. The van der Waals surface area contributed by atoms with Crippen LogP contribution in [0.15, 0.2) is 48.1 Å².